The van der Waals surface area contributed by atoms with Crippen LogP contribution in [0.2, 0.25) is 0 Å². The molecular weight excluding hydrogens is 596 g/mol. The van der Waals surface area contributed by atoms with E-state index < -0.39 is 11.9 Å². The minimum atomic E-state index is -1.14. The Hall–Kier alpha value is -1.92. The molecule has 0 heterocycles. The Morgan fingerprint density at radius 1 is 0.438 bits per heavy atom. The second kappa shape index (κ2) is 29.9. The van der Waals surface area contributed by atoms with Crippen LogP contribution in [-0.2, 0) is 22.7 Å². The SMILES string of the molecule is CCCCCCCCCCCC[N+](C)(C)Cc1ccc(C[N+](C)(C)CCCCCCCCCCCC)cc1.O=C([O-])CCCCC(=O)[O-]. The molecule has 6 nitrogen and oxygen atoms in total. The summed E-state index contributed by atoms with van der Waals surface area (Å²) in [6.07, 6.45) is 29.0. The van der Waals surface area contributed by atoms with Crippen LogP contribution in [0.1, 0.15) is 179 Å². The Morgan fingerprint density at radius 3 is 0.938 bits per heavy atom. The van der Waals surface area contributed by atoms with Crippen LogP contribution in [0.25, 0.3) is 0 Å². The number of carbonyl (C=O) groups is 2. The van der Waals surface area contributed by atoms with Crippen molar-refractivity contribution in [2.45, 2.75) is 181 Å². The minimum Gasteiger partial charge on any atom is -0.550 e. The molecule has 0 aliphatic heterocycles. The summed E-state index contributed by atoms with van der Waals surface area (Å²) in [6.45, 7) is 9.48. The van der Waals surface area contributed by atoms with Crippen molar-refractivity contribution in [2.24, 2.45) is 0 Å². The third-order valence-corrected chi connectivity index (χ3v) is 9.49. The number of nitrogens with zero attached hydrogens (tertiary/aromatic N) is 2. The maximum Gasteiger partial charge on any atom is 0.104 e. The first-order valence-electron chi connectivity index (χ1n) is 20.0. The van der Waals surface area contributed by atoms with Gasteiger partial charge in [0, 0.05) is 23.1 Å². The minimum absolute atomic E-state index is 0.0761. The molecule has 0 atom stereocenters. The highest BCUT2D eigenvalue weighted by molar-refractivity contribution is 5.65. The number of hydrogen-bond donors (Lipinski definition) is 0. The quantitative estimate of drug-likeness (QED) is 0.0583. The zero-order valence-electron chi connectivity index (χ0n) is 32.6. The van der Waals surface area contributed by atoms with Gasteiger partial charge in [-0.2, -0.15) is 0 Å². The van der Waals surface area contributed by atoms with Crippen molar-refractivity contribution in [3.05, 3.63) is 35.4 Å². The van der Waals surface area contributed by atoms with E-state index in [1.807, 2.05) is 0 Å². The summed E-state index contributed by atoms with van der Waals surface area (Å²) >= 11 is 0. The summed E-state index contributed by atoms with van der Waals surface area (Å²) in [5.41, 5.74) is 2.98. The monoisotopic (exact) mass is 675 g/mol. The Balaban J connectivity index is 0.00000190. The Morgan fingerprint density at radius 2 is 0.688 bits per heavy atom. The van der Waals surface area contributed by atoms with Gasteiger partial charge in [0.15, 0.2) is 0 Å². The van der Waals surface area contributed by atoms with E-state index in [4.69, 9.17) is 0 Å². The highest BCUT2D eigenvalue weighted by Gasteiger charge is 2.18. The number of carboxylic acids is 2. The second-order valence-electron chi connectivity index (χ2n) is 15.8. The third-order valence-electron chi connectivity index (χ3n) is 9.49. The molecule has 0 unspecified atom stereocenters. The molecule has 1 aromatic carbocycles. The topological polar surface area (TPSA) is 80.3 Å². The lowest BCUT2D eigenvalue weighted by atomic mass is 10.1. The van der Waals surface area contributed by atoms with E-state index in [9.17, 15) is 19.8 Å². The number of benzene rings is 1. The molecule has 0 bridgehead atoms. The number of carboxylic acid groups (broad SMARTS) is 2. The molecule has 0 saturated carbocycles. The first kappa shape index (κ1) is 46.1. The average molecular weight is 675 g/mol. The van der Waals surface area contributed by atoms with E-state index in [0.29, 0.717) is 12.8 Å². The summed E-state index contributed by atoms with van der Waals surface area (Å²) < 4.78 is 2.22. The van der Waals surface area contributed by atoms with Gasteiger partial charge in [-0.05, 0) is 51.4 Å². The van der Waals surface area contributed by atoms with Gasteiger partial charge in [-0.15, -0.1) is 0 Å². The van der Waals surface area contributed by atoms with Crippen LogP contribution in [-0.4, -0.2) is 62.2 Å². The summed E-state index contributed by atoms with van der Waals surface area (Å²) in [7, 11) is 9.64. The Bertz CT molecular complexity index is 824. The molecule has 6 heteroatoms. The molecule has 0 aromatic heterocycles. The molecule has 0 fully saturated rings. The molecule has 0 saturated heterocycles. The Labute approximate surface area is 297 Å². The molecule has 0 aliphatic rings. The summed E-state index contributed by atoms with van der Waals surface area (Å²) in [4.78, 5) is 19.5. The molecule has 0 amide bonds. The molecule has 0 spiro atoms. The molecule has 280 valence electrons. The molecule has 48 heavy (non-hydrogen) atoms. The highest BCUT2D eigenvalue weighted by atomic mass is 16.4. The van der Waals surface area contributed by atoms with Crippen molar-refractivity contribution in [1.82, 2.24) is 0 Å². The van der Waals surface area contributed by atoms with Crippen LogP contribution in [0.3, 0.4) is 0 Å². The van der Waals surface area contributed by atoms with Gasteiger partial charge in [0.2, 0.25) is 0 Å². The van der Waals surface area contributed by atoms with Crippen LogP contribution in [0, 0.1) is 0 Å². The number of carbonyl (C=O) groups excluding carboxylic acids is 2. The summed E-state index contributed by atoms with van der Waals surface area (Å²) in [6, 6.07) is 9.59. The smallest absolute Gasteiger partial charge is 0.104 e. The fourth-order valence-electron chi connectivity index (χ4n) is 6.49. The van der Waals surface area contributed by atoms with Gasteiger partial charge in [0.25, 0.3) is 0 Å². The lowest BCUT2D eigenvalue weighted by Gasteiger charge is -2.31. The maximum absolute atomic E-state index is 9.77. The highest BCUT2D eigenvalue weighted by Crippen LogP contribution is 2.18. The number of quaternary nitrogens is 2. The fourth-order valence-corrected chi connectivity index (χ4v) is 6.49. The van der Waals surface area contributed by atoms with Gasteiger partial charge in [0.05, 0.1) is 41.3 Å². The molecular formula is C42H78N2O4. The van der Waals surface area contributed by atoms with E-state index >= 15 is 0 Å². The fraction of sp³-hybridized carbons (Fsp3) is 0.810. The van der Waals surface area contributed by atoms with E-state index in [1.54, 1.807) is 0 Å². The largest absolute Gasteiger partial charge is 0.550 e. The summed E-state index contributed by atoms with van der Waals surface area (Å²) in [5, 5.41) is 19.5. The third kappa shape index (κ3) is 31.4. The van der Waals surface area contributed by atoms with Gasteiger partial charge in [0.1, 0.15) is 13.1 Å². The number of aliphatic carboxylic acids is 2. The van der Waals surface area contributed by atoms with Crippen molar-refractivity contribution in [1.29, 1.82) is 0 Å². The predicted molar refractivity (Wildman–Crippen MR) is 200 cm³/mol. The molecule has 0 radical (unpaired) electrons. The van der Waals surface area contributed by atoms with Crippen molar-refractivity contribution in [3.63, 3.8) is 0 Å². The van der Waals surface area contributed by atoms with Crippen molar-refractivity contribution in [2.75, 3.05) is 41.3 Å². The number of hydrogen-bond acceptors (Lipinski definition) is 4. The normalized spacial score (nSPS) is 11.7. The van der Waals surface area contributed by atoms with E-state index in [0.717, 1.165) is 22.1 Å². The van der Waals surface area contributed by atoms with Gasteiger partial charge >= 0.3 is 0 Å². The van der Waals surface area contributed by atoms with Crippen LogP contribution in [0.4, 0.5) is 0 Å². The van der Waals surface area contributed by atoms with Gasteiger partial charge in [-0.1, -0.05) is 141 Å². The lowest BCUT2D eigenvalue weighted by Crippen LogP contribution is -2.40. The summed E-state index contributed by atoms with van der Waals surface area (Å²) in [5.74, 6) is -2.28. The number of unbranched alkanes of at least 4 members (excludes halogenated alkanes) is 19. The van der Waals surface area contributed by atoms with Gasteiger partial charge in [-0.25, -0.2) is 0 Å². The van der Waals surface area contributed by atoms with Crippen molar-refractivity contribution >= 4 is 11.9 Å². The van der Waals surface area contributed by atoms with E-state index in [2.05, 4.69) is 66.3 Å². The number of rotatable bonds is 31. The van der Waals surface area contributed by atoms with Gasteiger partial charge in [-0.3, -0.25) is 0 Å². The maximum atomic E-state index is 9.77. The van der Waals surface area contributed by atoms with Crippen LogP contribution in [0.15, 0.2) is 24.3 Å². The molecule has 0 aliphatic carbocycles. The molecule has 1 rings (SSSR count). The van der Waals surface area contributed by atoms with E-state index in [-0.39, 0.29) is 12.8 Å². The van der Waals surface area contributed by atoms with Crippen molar-refractivity contribution in [3.8, 4) is 0 Å². The zero-order chi connectivity index (χ0) is 35.9. The molecule has 0 N–H and O–H groups in total. The first-order chi connectivity index (χ1) is 22.9. The lowest BCUT2D eigenvalue weighted by molar-refractivity contribution is -0.904. The van der Waals surface area contributed by atoms with E-state index in [1.165, 1.54) is 153 Å². The average Bonchev–Trinajstić information content (AvgIpc) is 3.02. The standard InChI is InChI=1S/C36H70N2.C6H10O4/c1-7-9-11-13-15-17-19-21-23-25-31-37(3,4)33-35-27-29-36(30-28-35)34-38(5,6)32-26-24-22-20-18-16-14-12-10-8-2;7-5(8)3-1-2-4-6(9)10/h27-30H,7-26,31-34H2,1-6H3;1-4H2,(H,7,8)(H,9,10)/q+2;/p-2. The predicted octanol–water partition coefficient (Wildman–Crippen LogP) is 8.73. The zero-order valence-corrected chi connectivity index (χ0v) is 32.6. The van der Waals surface area contributed by atoms with Crippen LogP contribution in [0.5, 0.6) is 0 Å². The first-order valence-corrected chi connectivity index (χ1v) is 20.0. The van der Waals surface area contributed by atoms with Gasteiger partial charge < -0.3 is 28.8 Å². The second-order valence-corrected chi connectivity index (χ2v) is 15.8. The Kier molecular flexibility index (Phi) is 28.8. The van der Waals surface area contributed by atoms with Crippen LogP contribution < -0.4 is 10.2 Å². The van der Waals surface area contributed by atoms with Crippen molar-refractivity contribution < 1.29 is 28.8 Å². The van der Waals surface area contributed by atoms with Crippen LogP contribution >= 0.6 is 0 Å². The molecule has 1 aromatic rings.